The number of carbonyl (C=O) groups is 3. The number of nitrogens with one attached hydrogen (secondary N) is 2. The van der Waals surface area contributed by atoms with Gasteiger partial charge in [0.1, 0.15) is 10.6 Å². The predicted octanol–water partition coefficient (Wildman–Crippen LogP) is 5.95. The minimum absolute atomic E-state index is 0.0199. The number of benzene rings is 1. The summed E-state index contributed by atoms with van der Waals surface area (Å²) >= 11 is 0.876. The van der Waals surface area contributed by atoms with Gasteiger partial charge in [0.2, 0.25) is 0 Å². The highest BCUT2D eigenvalue weighted by Crippen LogP contribution is 2.35. The maximum absolute atomic E-state index is 14.4. The van der Waals surface area contributed by atoms with Crippen molar-refractivity contribution >= 4 is 40.6 Å². The molecule has 2 aliphatic rings. The molecule has 2 fully saturated rings. The van der Waals surface area contributed by atoms with Crippen molar-refractivity contribution in [3.63, 3.8) is 0 Å². The first-order valence-electron chi connectivity index (χ1n) is 14.7. The van der Waals surface area contributed by atoms with Crippen LogP contribution in [0.5, 0.6) is 0 Å². The van der Waals surface area contributed by atoms with Gasteiger partial charge < -0.3 is 20.8 Å². The van der Waals surface area contributed by atoms with Gasteiger partial charge in [0.15, 0.2) is 11.7 Å². The Morgan fingerprint density at radius 2 is 1.59 bits per heavy atom. The van der Waals surface area contributed by atoms with Crippen molar-refractivity contribution in [3.05, 3.63) is 64.6 Å². The number of nitrogens with zero attached hydrogens (tertiary/aromatic N) is 2. The van der Waals surface area contributed by atoms with Gasteiger partial charge in [-0.2, -0.15) is 4.37 Å². The fourth-order valence-electron chi connectivity index (χ4n) is 5.80. The zero-order valence-corrected chi connectivity index (χ0v) is 24.5. The van der Waals surface area contributed by atoms with E-state index in [1.807, 2.05) is 24.3 Å². The van der Waals surface area contributed by atoms with Gasteiger partial charge in [-0.1, -0.05) is 58.1 Å². The van der Waals surface area contributed by atoms with Crippen LogP contribution < -0.4 is 21.3 Å². The summed E-state index contributed by atoms with van der Waals surface area (Å²) in [5, 5.41) is 6.17. The lowest BCUT2D eigenvalue weighted by Crippen LogP contribution is -2.46. The molecule has 2 aromatic heterocycles. The Kier molecular flexibility index (Phi) is 9.07. The molecule has 0 aliphatic heterocycles. The molecule has 0 saturated heterocycles. The molecule has 3 amide bonds. The summed E-state index contributed by atoms with van der Waals surface area (Å²) in [7, 11) is 0. The van der Waals surface area contributed by atoms with Crippen LogP contribution in [0.25, 0.3) is 0 Å². The van der Waals surface area contributed by atoms with Crippen molar-refractivity contribution in [2.75, 3.05) is 10.6 Å². The average Bonchev–Trinajstić information content (AvgIpc) is 3.75. The number of rotatable bonds is 9. The summed E-state index contributed by atoms with van der Waals surface area (Å²) < 4.78 is 10.0. The Bertz CT molecular complexity index is 1340. The molecule has 0 radical (unpaired) electrons. The van der Waals surface area contributed by atoms with Gasteiger partial charge in [-0.05, 0) is 73.0 Å². The second-order valence-corrected chi connectivity index (χ2v) is 12.2. The lowest BCUT2D eigenvalue weighted by molar-refractivity contribution is -0.123. The largest absolute Gasteiger partial charge is 0.467 e. The molecule has 2 heterocycles. The van der Waals surface area contributed by atoms with E-state index < -0.39 is 11.9 Å². The number of furan rings is 1. The number of carbonyl (C=O) groups excluding carboxylic acids is 3. The topological polar surface area (TPSA) is 131 Å². The highest BCUT2D eigenvalue weighted by molar-refractivity contribution is 7.09. The van der Waals surface area contributed by atoms with Crippen molar-refractivity contribution in [1.29, 1.82) is 0 Å². The number of nitrogens with two attached hydrogens (primary N) is 1. The zero-order chi connectivity index (χ0) is 28.9. The Labute approximate surface area is 245 Å². The van der Waals surface area contributed by atoms with Crippen LogP contribution in [0.3, 0.4) is 0 Å². The number of amides is 3. The molecule has 3 aromatic rings. The Morgan fingerprint density at radius 1 is 0.951 bits per heavy atom. The summed E-state index contributed by atoms with van der Waals surface area (Å²) in [6, 6.07) is 10.0. The third kappa shape index (κ3) is 6.48. The molecule has 218 valence electrons. The molecule has 2 saturated carbocycles. The second-order valence-electron chi connectivity index (χ2n) is 11.4. The minimum atomic E-state index is -1.08. The van der Waals surface area contributed by atoms with Gasteiger partial charge in [-0.25, -0.2) is 0 Å². The third-order valence-corrected chi connectivity index (χ3v) is 9.01. The molecule has 0 spiro atoms. The van der Waals surface area contributed by atoms with Crippen LogP contribution in [-0.2, 0) is 4.79 Å². The highest BCUT2D eigenvalue weighted by atomic mass is 32.1. The lowest BCUT2D eigenvalue weighted by atomic mass is 9.95. The molecule has 10 heteroatoms. The standard InChI is InChI=1S/C31H39N5O4S/c1-19(2)20-14-16-23(17-15-20)36(27(24-13-8-18-40-24)30(38)34-22-11-6-7-12-22)31(39)28-25(32)26(35-41-28)29(37)33-21-9-4-3-5-10-21/h8,13-19,21-22,27H,3-7,9-12,32H2,1-2H3,(H,33,37)(H,34,38). The summed E-state index contributed by atoms with van der Waals surface area (Å²) in [6.07, 6.45) is 10.5. The maximum Gasteiger partial charge on any atom is 0.273 e. The van der Waals surface area contributed by atoms with Gasteiger partial charge in [-0.15, -0.1) is 0 Å². The molecule has 4 N–H and O–H groups in total. The Balaban J connectivity index is 1.51. The average molecular weight is 578 g/mol. The van der Waals surface area contributed by atoms with Crippen molar-refractivity contribution < 1.29 is 18.8 Å². The van der Waals surface area contributed by atoms with E-state index in [0.717, 1.165) is 68.5 Å². The number of anilines is 2. The molecule has 2 aliphatic carbocycles. The fourth-order valence-corrected chi connectivity index (χ4v) is 6.53. The van der Waals surface area contributed by atoms with Crippen LogP contribution in [0.1, 0.15) is 115 Å². The molecular weight excluding hydrogens is 538 g/mol. The van der Waals surface area contributed by atoms with Crippen LogP contribution >= 0.6 is 11.5 Å². The van der Waals surface area contributed by atoms with E-state index in [1.165, 1.54) is 17.6 Å². The van der Waals surface area contributed by atoms with Crippen LogP contribution in [-0.4, -0.2) is 34.2 Å². The van der Waals surface area contributed by atoms with E-state index in [2.05, 4.69) is 28.9 Å². The normalized spacial score (nSPS) is 17.0. The van der Waals surface area contributed by atoms with Gasteiger partial charge in [0, 0.05) is 17.8 Å². The van der Waals surface area contributed by atoms with Crippen LogP contribution in [0.15, 0.2) is 47.1 Å². The molecule has 41 heavy (non-hydrogen) atoms. The zero-order valence-electron chi connectivity index (χ0n) is 23.7. The van der Waals surface area contributed by atoms with E-state index >= 15 is 0 Å². The Morgan fingerprint density at radius 3 is 2.20 bits per heavy atom. The van der Waals surface area contributed by atoms with E-state index in [4.69, 9.17) is 10.2 Å². The quantitative estimate of drug-likeness (QED) is 0.288. The SMILES string of the molecule is CC(C)c1ccc(N(C(=O)c2snc(C(=O)NC3CCCCC3)c2N)C(C(=O)NC2CCCC2)c2ccco2)cc1. The molecule has 1 aromatic carbocycles. The van der Waals surface area contributed by atoms with Gasteiger partial charge in [0.05, 0.1) is 12.0 Å². The van der Waals surface area contributed by atoms with Gasteiger partial charge >= 0.3 is 0 Å². The van der Waals surface area contributed by atoms with Gasteiger partial charge in [-0.3, -0.25) is 19.3 Å². The summed E-state index contributed by atoms with van der Waals surface area (Å²) in [4.78, 5) is 42.8. The first kappa shape index (κ1) is 28.9. The van der Waals surface area contributed by atoms with Crippen molar-refractivity contribution in [2.45, 2.75) is 95.7 Å². The Hall–Kier alpha value is -3.66. The van der Waals surface area contributed by atoms with E-state index in [9.17, 15) is 14.4 Å². The van der Waals surface area contributed by atoms with Crippen LogP contribution in [0.2, 0.25) is 0 Å². The van der Waals surface area contributed by atoms with E-state index in [1.54, 1.807) is 12.1 Å². The molecule has 9 nitrogen and oxygen atoms in total. The van der Waals surface area contributed by atoms with Crippen molar-refractivity contribution in [1.82, 2.24) is 15.0 Å². The number of nitrogen functional groups attached to an aromatic ring is 1. The third-order valence-electron chi connectivity index (χ3n) is 8.16. The minimum Gasteiger partial charge on any atom is -0.467 e. The summed E-state index contributed by atoms with van der Waals surface area (Å²) in [5.41, 5.74) is 8.12. The summed E-state index contributed by atoms with van der Waals surface area (Å²) in [5.74, 6) is -0.593. The maximum atomic E-state index is 14.4. The molecule has 0 bridgehead atoms. The number of hydrogen-bond donors (Lipinski definition) is 3. The molecular formula is C31H39N5O4S. The lowest BCUT2D eigenvalue weighted by Gasteiger charge is -2.30. The van der Waals surface area contributed by atoms with E-state index in [-0.39, 0.29) is 40.2 Å². The second kappa shape index (κ2) is 12.9. The van der Waals surface area contributed by atoms with E-state index in [0.29, 0.717) is 17.4 Å². The predicted molar refractivity (Wildman–Crippen MR) is 160 cm³/mol. The number of hydrogen-bond acceptors (Lipinski definition) is 7. The number of aromatic nitrogens is 1. The molecule has 1 atom stereocenters. The highest BCUT2D eigenvalue weighted by Gasteiger charge is 2.38. The molecule has 1 unspecified atom stereocenters. The molecule has 5 rings (SSSR count). The smallest absolute Gasteiger partial charge is 0.273 e. The van der Waals surface area contributed by atoms with Crippen molar-refractivity contribution in [2.24, 2.45) is 0 Å². The first-order valence-corrected chi connectivity index (χ1v) is 15.4. The first-order chi connectivity index (χ1) is 19.8. The summed E-state index contributed by atoms with van der Waals surface area (Å²) in [6.45, 7) is 4.19. The van der Waals surface area contributed by atoms with Crippen LogP contribution in [0.4, 0.5) is 11.4 Å². The van der Waals surface area contributed by atoms with Crippen molar-refractivity contribution in [3.8, 4) is 0 Å². The fraction of sp³-hybridized carbons (Fsp3) is 0.484. The van der Waals surface area contributed by atoms with Crippen LogP contribution in [0, 0.1) is 0 Å². The monoisotopic (exact) mass is 577 g/mol. The van der Waals surface area contributed by atoms with Gasteiger partial charge in [0.25, 0.3) is 17.7 Å².